The number of aromatic hydroxyl groups is 1. The second kappa shape index (κ2) is 6.76. The van der Waals surface area contributed by atoms with Crippen molar-refractivity contribution in [2.24, 2.45) is 0 Å². The number of nitrogens with zero attached hydrogens (tertiary/aromatic N) is 2. The van der Waals surface area contributed by atoms with E-state index in [2.05, 4.69) is 10.4 Å². The number of aromatic nitrogens is 2. The van der Waals surface area contributed by atoms with Gasteiger partial charge in [-0.1, -0.05) is 6.07 Å². The molecule has 112 valence electrons. The third-order valence-corrected chi connectivity index (χ3v) is 2.88. The third kappa shape index (κ3) is 3.51. The first-order valence-corrected chi connectivity index (χ1v) is 6.34. The van der Waals surface area contributed by atoms with Crippen molar-refractivity contribution in [3.05, 3.63) is 36.2 Å². The molecule has 2 rings (SSSR count). The molecule has 0 radical (unpaired) electrons. The van der Waals surface area contributed by atoms with Crippen LogP contribution in [0.1, 0.15) is 10.4 Å². The molecule has 7 heteroatoms. The second-order valence-electron chi connectivity index (χ2n) is 4.30. The Morgan fingerprint density at radius 3 is 2.95 bits per heavy atom. The average Bonchev–Trinajstić information content (AvgIpc) is 2.92. The number of ether oxygens (including phenoxy) is 2. The number of benzene rings is 1. The molecule has 0 bridgehead atoms. The monoisotopic (exact) mass is 291 g/mol. The van der Waals surface area contributed by atoms with Gasteiger partial charge in [-0.25, -0.2) is 0 Å². The van der Waals surface area contributed by atoms with E-state index >= 15 is 0 Å². The van der Waals surface area contributed by atoms with Crippen LogP contribution in [0.4, 0.5) is 5.69 Å². The van der Waals surface area contributed by atoms with E-state index in [9.17, 15) is 9.90 Å². The van der Waals surface area contributed by atoms with E-state index in [0.717, 1.165) is 0 Å². The van der Waals surface area contributed by atoms with E-state index in [4.69, 9.17) is 9.47 Å². The molecule has 1 aromatic carbocycles. The zero-order chi connectivity index (χ0) is 15.2. The minimum Gasteiger partial charge on any atom is -0.504 e. The number of anilines is 1. The van der Waals surface area contributed by atoms with Gasteiger partial charge in [-0.05, 0) is 12.1 Å². The van der Waals surface area contributed by atoms with E-state index in [0.29, 0.717) is 18.8 Å². The van der Waals surface area contributed by atoms with Crippen molar-refractivity contribution >= 4 is 11.6 Å². The Bertz CT molecular complexity index is 624. The Morgan fingerprint density at radius 2 is 2.24 bits per heavy atom. The number of hydrogen-bond donors (Lipinski definition) is 2. The highest BCUT2D eigenvalue weighted by molar-refractivity contribution is 6.06. The molecule has 0 saturated heterocycles. The number of nitrogens with one attached hydrogen (secondary N) is 1. The van der Waals surface area contributed by atoms with E-state index in [-0.39, 0.29) is 17.1 Å². The van der Waals surface area contributed by atoms with Crippen LogP contribution in [0.25, 0.3) is 0 Å². The van der Waals surface area contributed by atoms with E-state index in [1.54, 1.807) is 30.1 Å². The summed E-state index contributed by atoms with van der Waals surface area (Å²) in [5.41, 5.74) is 0.678. The summed E-state index contributed by atoms with van der Waals surface area (Å²) in [5.74, 6) is -0.375. The largest absolute Gasteiger partial charge is 0.504 e. The van der Waals surface area contributed by atoms with Gasteiger partial charge < -0.3 is 19.9 Å². The summed E-state index contributed by atoms with van der Waals surface area (Å²) >= 11 is 0. The lowest BCUT2D eigenvalue weighted by atomic mass is 10.1. The van der Waals surface area contributed by atoms with Gasteiger partial charge in [-0.2, -0.15) is 5.10 Å². The van der Waals surface area contributed by atoms with Gasteiger partial charge in [0.1, 0.15) is 0 Å². The summed E-state index contributed by atoms with van der Waals surface area (Å²) in [7, 11) is 3.04. The molecule has 0 aliphatic rings. The Balaban J connectivity index is 2.09. The molecule has 7 nitrogen and oxygen atoms in total. The molecule has 0 atom stereocenters. The molecular weight excluding hydrogens is 274 g/mol. The molecule has 0 aliphatic carbocycles. The normalized spacial score (nSPS) is 10.4. The first-order chi connectivity index (χ1) is 10.2. The predicted molar refractivity (Wildman–Crippen MR) is 76.7 cm³/mol. The molecule has 0 fully saturated rings. The van der Waals surface area contributed by atoms with E-state index in [1.165, 1.54) is 19.4 Å². The van der Waals surface area contributed by atoms with Crippen molar-refractivity contribution in [1.82, 2.24) is 9.78 Å². The Labute approximate surface area is 122 Å². The van der Waals surface area contributed by atoms with Crippen molar-refractivity contribution < 1.29 is 19.4 Å². The number of amides is 1. The number of rotatable bonds is 6. The number of carbonyl (C=O) groups excluding carboxylic acids is 1. The Kier molecular flexibility index (Phi) is 4.78. The van der Waals surface area contributed by atoms with Gasteiger partial charge in [-0.15, -0.1) is 0 Å². The highest BCUT2D eigenvalue weighted by Gasteiger charge is 2.15. The molecule has 1 heterocycles. The summed E-state index contributed by atoms with van der Waals surface area (Å²) < 4.78 is 11.6. The second-order valence-corrected chi connectivity index (χ2v) is 4.30. The molecule has 21 heavy (non-hydrogen) atoms. The summed E-state index contributed by atoms with van der Waals surface area (Å²) in [6, 6.07) is 4.73. The van der Waals surface area contributed by atoms with Crippen LogP contribution in [0.2, 0.25) is 0 Å². The summed E-state index contributed by atoms with van der Waals surface area (Å²) in [6.07, 6.45) is 3.22. The fraction of sp³-hybridized carbons (Fsp3) is 0.286. The number of phenolic OH excluding ortho intramolecular Hbond substituents is 1. The van der Waals surface area contributed by atoms with Crippen LogP contribution in [-0.2, 0) is 11.3 Å². The van der Waals surface area contributed by atoms with Gasteiger partial charge >= 0.3 is 0 Å². The number of hydrogen-bond acceptors (Lipinski definition) is 5. The zero-order valence-corrected chi connectivity index (χ0v) is 11.9. The Morgan fingerprint density at radius 1 is 1.43 bits per heavy atom. The van der Waals surface area contributed by atoms with Crippen LogP contribution in [0.5, 0.6) is 11.5 Å². The smallest absolute Gasteiger partial charge is 0.259 e. The highest BCUT2D eigenvalue weighted by atomic mass is 16.5. The summed E-state index contributed by atoms with van der Waals surface area (Å²) in [4.78, 5) is 12.1. The average molecular weight is 291 g/mol. The number of methoxy groups -OCH3 is 2. The minimum absolute atomic E-state index is 0.138. The predicted octanol–water partition coefficient (Wildman–Crippen LogP) is 1.50. The summed E-state index contributed by atoms with van der Waals surface area (Å²) in [6.45, 7) is 1.13. The van der Waals surface area contributed by atoms with Crippen LogP contribution < -0.4 is 10.1 Å². The molecule has 1 aromatic heterocycles. The van der Waals surface area contributed by atoms with Gasteiger partial charge in [-0.3, -0.25) is 9.48 Å². The van der Waals surface area contributed by atoms with Crippen LogP contribution in [0, 0.1) is 0 Å². The quantitative estimate of drug-likeness (QED) is 0.842. The van der Waals surface area contributed by atoms with Gasteiger partial charge in [0.25, 0.3) is 5.91 Å². The lowest BCUT2D eigenvalue weighted by Gasteiger charge is -2.08. The molecule has 0 unspecified atom stereocenters. The maximum absolute atomic E-state index is 12.1. The molecule has 1 amide bonds. The van der Waals surface area contributed by atoms with Gasteiger partial charge in [0.05, 0.1) is 37.7 Å². The minimum atomic E-state index is -0.433. The lowest BCUT2D eigenvalue weighted by Crippen LogP contribution is -2.12. The molecular formula is C14H17N3O4. The van der Waals surface area contributed by atoms with Gasteiger partial charge in [0.15, 0.2) is 11.5 Å². The van der Waals surface area contributed by atoms with Crippen molar-refractivity contribution in [3.8, 4) is 11.5 Å². The maximum atomic E-state index is 12.1. The fourth-order valence-electron chi connectivity index (χ4n) is 1.80. The van der Waals surface area contributed by atoms with Crippen LogP contribution >= 0.6 is 0 Å². The zero-order valence-electron chi connectivity index (χ0n) is 11.9. The first-order valence-electron chi connectivity index (χ1n) is 6.34. The maximum Gasteiger partial charge on any atom is 0.259 e. The van der Waals surface area contributed by atoms with Crippen LogP contribution in [-0.4, -0.2) is 41.6 Å². The number of para-hydroxylation sites is 1. The fourth-order valence-corrected chi connectivity index (χ4v) is 1.80. The van der Waals surface area contributed by atoms with Crippen LogP contribution in [0.15, 0.2) is 30.6 Å². The molecule has 2 aromatic rings. The Hall–Kier alpha value is -2.54. The first kappa shape index (κ1) is 14.9. The topological polar surface area (TPSA) is 85.6 Å². The molecule has 0 spiro atoms. The van der Waals surface area contributed by atoms with Gasteiger partial charge in [0.2, 0.25) is 0 Å². The standard InChI is InChI=1S/C14H17N3O4/c1-20-7-6-17-9-10(8-15-17)16-14(19)11-4-3-5-12(21-2)13(11)18/h3-5,8-9,18H,6-7H2,1-2H3,(H,16,19). The molecule has 0 aliphatic heterocycles. The number of phenols is 1. The van der Waals surface area contributed by atoms with Crippen molar-refractivity contribution in [3.63, 3.8) is 0 Å². The van der Waals surface area contributed by atoms with Crippen LogP contribution in [0.3, 0.4) is 0 Å². The lowest BCUT2D eigenvalue weighted by molar-refractivity contribution is 0.102. The molecule has 2 N–H and O–H groups in total. The van der Waals surface area contributed by atoms with E-state index < -0.39 is 5.91 Å². The van der Waals surface area contributed by atoms with E-state index in [1.807, 2.05) is 0 Å². The molecule has 0 saturated carbocycles. The van der Waals surface area contributed by atoms with Gasteiger partial charge in [0, 0.05) is 13.3 Å². The highest BCUT2D eigenvalue weighted by Crippen LogP contribution is 2.29. The summed E-state index contributed by atoms with van der Waals surface area (Å²) in [5, 5.41) is 16.7. The third-order valence-electron chi connectivity index (χ3n) is 2.88. The van der Waals surface area contributed by atoms with Crippen molar-refractivity contribution in [2.45, 2.75) is 6.54 Å². The van der Waals surface area contributed by atoms with Crippen molar-refractivity contribution in [2.75, 3.05) is 26.1 Å². The number of carbonyl (C=O) groups is 1. The SMILES string of the molecule is COCCn1cc(NC(=O)c2cccc(OC)c2O)cn1. The van der Waals surface area contributed by atoms with Crippen molar-refractivity contribution in [1.29, 1.82) is 0 Å².